The molecule has 20 heavy (non-hydrogen) atoms. The number of hydrogen-bond acceptors (Lipinski definition) is 2. The molecular formula is C16H21BrN2O. The Bertz CT molecular complexity index is 496. The molecule has 1 saturated carbocycles. The molecule has 2 aliphatic rings. The lowest BCUT2D eigenvalue weighted by Gasteiger charge is -2.30. The van der Waals surface area contributed by atoms with Crippen molar-refractivity contribution >= 4 is 21.8 Å². The minimum atomic E-state index is -0.255. The van der Waals surface area contributed by atoms with E-state index in [-0.39, 0.29) is 11.3 Å². The van der Waals surface area contributed by atoms with E-state index in [9.17, 15) is 4.79 Å². The maximum atomic E-state index is 12.6. The number of benzene rings is 1. The lowest BCUT2D eigenvalue weighted by Crippen LogP contribution is -2.49. The van der Waals surface area contributed by atoms with E-state index in [1.54, 1.807) is 0 Å². The molecule has 1 aromatic rings. The first-order valence-electron chi connectivity index (χ1n) is 7.40. The second kappa shape index (κ2) is 5.49. The van der Waals surface area contributed by atoms with Crippen molar-refractivity contribution in [3.63, 3.8) is 0 Å². The lowest BCUT2D eigenvalue weighted by molar-refractivity contribution is -0.124. The van der Waals surface area contributed by atoms with Gasteiger partial charge >= 0.3 is 0 Å². The van der Waals surface area contributed by atoms with Crippen LogP contribution in [0.25, 0.3) is 0 Å². The first kappa shape index (κ1) is 14.1. The number of piperidine rings is 1. The van der Waals surface area contributed by atoms with Gasteiger partial charge in [0.15, 0.2) is 0 Å². The highest BCUT2D eigenvalue weighted by Gasteiger charge is 2.51. The number of amides is 1. The Hall–Kier alpha value is -0.870. The highest BCUT2D eigenvalue weighted by Crippen LogP contribution is 2.48. The van der Waals surface area contributed by atoms with Gasteiger partial charge in [-0.3, -0.25) is 4.79 Å². The Morgan fingerprint density at radius 3 is 2.65 bits per heavy atom. The van der Waals surface area contributed by atoms with Crippen LogP contribution < -0.4 is 10.6 Å². The molecule has 1 aliphatic carbocycles. The molecular weight excluding hydrogens is 316 g/mol. The van der Waals surface area contributed by atoms with Crippen molar-refractivity contribution in [2.24, 2.45) is 0 Å². The zero-order chi connectivity index (χ0) is 14.2. The number of carbonyl (C=O) groups excluding carboxylic acids is 1. The normalized spacial score (nSPS) is 27.9. The summed E-state index contributed by atoms with van der Waals surface area (Å²) in [5.41, 5.74) is 0.898. The topological polar surface area (TPSA) is 41.1 Å². The van der Waals surface area contributed by atoms with Crippen LogP contribution in [0.5, 0.6) is 0 Å². The summed E-state index contributed by atoms with van der Waals surface area (Å²) in [6, 6.07) is 9.01. The third-order valence-corrected chi connectivity index (χ3v) is 5.07. The Morgan fingerprint density at radius 2 is 2.05 bits per heavy atom. The summed E-state index contributed by atoms with van der Waals surface area (Å²) in [4.78, 5) is 12.6. The quantitative estimate of drug-likeness (QED) is 0.891. The number of hydrogen-bond donors (Lipinski definition) is 2. The first-order valence-corrected chi connectivity index (χ1v) is 8.20. The van der Waals surface area contributed by atoms with Gasteiger partial charge in [-0.05, 0) is 56.8 Å². The molecule has 1 heterocycles. The van der Waals surface area contributed by atoms with Crippen LogP contribution in [0.2, 0.25) is 0 Å². The van der Waals surface area contributed by atoms with Gasteiger partial charge in [0.25, 0.3) is 0 Å². The van der Waals surface area contributed by atoms with E-state index in [2.05, 4.69) is 45.6 Å². The van der Waals surface area contributed by atoms with Crippen LogP contribution in [0, 0.1) is 0 Å². The van der Waals surface area contributed by atoms with Gasteiger partial charge in [-0.2, -0.15) is 0 Å². The van der Waals surface area contributed by atoms with Crippen LogP contribution in [-0.2, 0) is 10.2 Å². The number of halogens is 1. The van der Waals surface area contributed by atoms with Gasteiger partial charge in [0.1, 0.15) is 0 Å². The summed E-state index contributed by atoms with van der Waals surface area (Å²) in [6.07, 6.45) is 4.01. The van der Waals surface area contributed by atoms with Crippen molar-refractivity contribution < 1.29 is 4.79 Å². The predicted octanol–water partition coefficient (Wildman–Crippen LogP) is 2.74. The molecule has 1 aliphatic heterocycles. The summed E-state index contributed by atoms with van der Waals surface area (Å²) in [7, 11) is 0. The van der Waals surface area contributed by atoms with E-state index in [4.69, 9.17) is 0 Å². The largest absolute Gasteiger partial charge is 0.352 e. The van der Waals surface area contributed by atoms with Crippen LogP contribution in [0.3, 0.4) is 0 Å². The average Bonchev–Trinajstić information content (AvgIpc) is 3.21. The fourth-order valence-corrected chi connectivity index (χ4v) is 3.39. The van der Waals surface area contributed by atoms with Gasteiger partial charge in [-0.1, -0.05) is 28.1 Å². The molecule has 1 amide bonds. The van der Waals surface area contributed by atoms with Crippen molar-refractivity contribution in [3.8, 4) is 0 Å². The predicted molar refractivity (Wildman–Crippen MR) is 83.7 cm³/mol. The van der Waals surface area contributed by atoms with Gasteiger partial charge in [-0.25, -0.2) is 0 Å². The van der Waals surface area contributed by atoms with E-state index in [1.165, 1.54) is 0 Å². The standard InChI is InChI=1S/C16H21BrN2O/c1-11-10-14(6-9-18-11)19-15(20)16(7-8-16)12-2-4-13(17)5-3-12/h2-5,11,14,18H,6-10H2,1H3,(H,19,20). The molecule has 3 rings (SSSR count). The van der Waals surface area contributed by atoms with Gasteiger partial charge in [0, 0.05) is 16.6 Å². The fourth-order valence-electron chi connectivity index (χ4n) is 3.13. The average molecular weight is 337 g/mol. The molecule has 108 valence electrons. The molecule has 0 radical (unpaired) electrons. The highest BCUT2D eigenvalue weighted by molar-refractivity contribution is 9.10. The van der Waals surface area contributed by atoms with Crippen LogP contribution in [-0.4, -0.2) is 24.5 Å². The lowest BCUT2D eigenvalue weighted by atomic mass is 9.93. The minimum absolute atomic E-state index is 0.221. The Labute approximate surface area is 128 Å². The molecule has 0 aromatic heterocycles. The van der Waals surface area contributed by atoms with Gasteiger partial charge in [0.2, 0.25) is 5.91 Å². The molecule has 1 aromatic carbocycles. The molecule has 0 spiro atoms. The van der Waals surface area contributed by atoms with Crippen molar-refractivity contribution in [3.05, 3.63) is 34.3 Å². The summed E-state index contributed by atoms with van der Waals surface area (Å²) in [5, 5.41) is 6.70. The zero-order valence-electron chi connectivity index (χ0n) is 11.8. The monoisotopic (exact) mass is 336 g/mol. The number of carbonyl (C=O) groups is 1. The second-order valence-electron chi connectivity index (χ2n) is 6.14. The molecule has 3 nitrogen and oxygen atoms in total. The third-order valence-electron chi connectivity index (χ3n) is 4.54. The molecule has 2 fully saturated rings. The van der Waals surface area contributed by atoms with E-state index < -0.39 is 0 Å². The van der Waals surface area contributed by atoms with Gasteiger partial charge in [-0.15, -0.1) is 0 Å². The van der Waals surface area contributed by atoms with Crippen molar-refractivity contribution in [1.29, 1.82) is 0 Å². The van der Waals surface area contributed by atoms with Crippen LogP contribution in [0.15, 0.2) is 28.7 Å². The molecule has 0 bridgehead atoms. The molecule has 2 atom stereocenters. The Morgan fingerprint density at radius 1 is 1.35 bits per heavy atom. The Balaban J connectivity index is 1.68. The van der Waals surface area contributed by atoms with Crippen LogP contribution in [0.4, 0.5) is 0 Å². The second-order valence-corrected chi connectivity index (χ2v) is 7.05. The summed E-state index contributed by atoms with van der Waals surface area (Å²) in [6.45, 7) is 3.18. The third kappa shape index (κ3) is 2.77. The molecule has 4 heteroatoms. The van der Waals surface area contributed by atoms with E-state index in [0.29, 0.717) is 12.1 Å². The number of nitrogens with one attached hydrogen (secondary N) is 2. The highest BCUT2D eigenvalue weighted by atomic mass is 79.9. The van der Waals surface area contributed by atoms with Crippen molar-refractivity contribution in [1.82, 2.24) is 10.6 Å². The maximum absolute atomic E-state index is 12.6. The number of rotatable bonds is 3. The van der Waals surface area contributed by atoms with Crippen LogP contribution >= 0.6 is 15.9 Å². The van der Waals surface area contributed by atoms with Gasteiger partial charge < -0.3 is 10.6 Å². The Kier molecular flexibility index (Phi) is 3.87. The zero-order valence-corrected chi connectivity index (χ0v) is 13.4. The molecule has 2 N–H and O–H groups in total. The van der Waals surface area contributed by atoms with Crippen LogP contribution in [0.1, 0.15) is 38.2 Å². The van der Waals surface area contributed by atoms with Crippen molar-refractivity contribution in [2.75, 3.05) is 6.54 Å². The van der Waals surface area contributed by atoms with E-state index in [1.807, 2.05) is 12.1 Å². The smallest absolute Gasteiger partial charge is 0.230 e. The summed E-state index contributed by atoms with van der Waals surface area (Å²) in [5.74, 6) is 0.221. The van der Waals surface area contributed by atoms with E-state index >= 15 is 0 Å². The molecule has 1 saturated heterocycles. The summed E-state index contributed by atoms with van der Waals surface area (Å²) < 4.78 is 1.06. The SMILES string of the molecule is CC1CC(NC(=O)C2(c3ccc(Br)cc3)CC2)CCN1. The van der Waals surface area contributed by atoms with Crippen molar-refractivity contribution in [2.45, 2.75) is 50.1 Å². The van der Waals surface area contributed by atoms with Gasteiger partial charge in [0.05, 0.1) is 5.41 Å². The van der Waals surface area contributed by atoms with E-state index in [0.717, 1.165) is 42.3 Å². The minimum Gasteiger partial charge on any atom is -0.352 e. The molecule has 2 unspecified atom stereocenters. The maximum Gasteiger partial charge on any atom is 0.230 e. The summed E-state index contributed by atoms with van der Waals surface area (Å²) >= 11 is 3.45. The fraction of sp³-hybridized carbons (Fsp3) is 0.562. The first-order chi connectivity index (χ1) is 9.60.